The van der Waals surface area contributed by atoms with Crippen LogP contribution in [0.3, 0.4) is 0 Å². The number of hydrogen-bond acceptors (Lipinski definition) is 0. The SMILES string of the molecule is CCCC[N-]CCCC.CCCC[N-]CCCC.[CH2-]c1ccccc1.[CH2-]c1ccccc1.[Hf+4]. The summed E-state index contributed by atoms with van der Waals surface area (Å²) in [6.07, 6.45) is 10.2. The molecule has 2 rings (SSSR count). The Labute approximate surface area is 226 Å². The number of rotatable bonds is 12. The molecule has 0 atom stereocenters. The molecule has 0 fully saturated rings. The zero-order valence-corrected chi connectivity index (χ0v) is 25.7. The van der Waals surface area contributed by atoms with Crippen molar-refractivity contribution in [3.63, 3.8) is 0 Å². The first-order valence-corrected chi connectivity index (χ1v) is 12.6. The van der Waals surface area contributed by atoms with E-state index in [9.17, 15) is 0 Å². The Balaban J connectivity index is -0.000000362. The van der Waals surface area contributed by atoms with E-state index in [-0.39, 0.29) is 25.8 Å². The Morgan fingerprint density at radius 1 is 0.485 bits per heavy atom. The Bertz CT molecular complexity index is 482. The van der Waals surface area contributed by atoms with E-state index in [0.29, 0.717) is 0 Å². The van der Waals surface area contributed by atoms with Crippen LogP contribution in [0.2, 0.25) is 0 Å². The van der Waals surface area contributed by atoms with Crippen molar-refractivity contribution in [2.24, 2.45) is 0 Å². The average Bonchev–Trinajstić information content (AvgIpc) is 2.81. The molecule has 2 aromatic rings. The zero-order chi connectivity index (χ0) is 24.1. The van der Waals surface area contributed by atoms with Crippen molar-refractivity contribution in [2.45, 2.75) is 79.1 Å². The van der Waals surface area contributed by atoms with Gasteiger partial charge in [0, 0.05) is 0 Å². The second-order valence-electron chi connectivity index (χ2n) is 7.73. The van der Waals surface area contributed by atoms with Gasteiger partial charge in [-0.25, -0.2) is 0 Å². The van der Waals surface area contributed by atoms with Gasteiger partial charge in [0.15, 0.2) is 0 Å². The van der Waals surface area contributed by atoms with E-state index in [4.69, 9.17) is 0 Å². The Morgan fingerprint density at radius 2 is 0.727 bits per heavy atom. The fourth-order valence-corrected chi connectivity index (χ4v) is 2.26. The van der Waals surface area contributed by atoms with Gasteiger partial charge in [0.25, 0.3) is 0 Å². The second-order valence-corrected chi connectivity index (χ2v) is 7.73. The smallest absolute Gasteiger partial charge is 0.662 e. The third kappa shape index (κ3) is 35.7. The molecule has 0 N–H and O–H groups in total. The molecule has 33 heavy (non-hydrogen) atoms. The van der Waals surface area contributed by atoms with E-state index in [1.54, 1.807) is 0 Å². The first-order chi connectivity index (χ1) is 15.6. The molecule has 0 aromatic heterocycles. The summed E-state index contributed by atoms with van der Waals surface area (Å²) in [6.45, 7) is 20.6. The van der Waals surface area contributed by atoms with Gasteiger partial charge in [0.1, 0.15) is 0 Å². The van der Waals surface area contributed by atoms with Crippen LogP contribution >= 0.6 is 0 Å². The van der Waals surface area contributed by atoms with Gasteiger partial charge >= 0.3 is 25.8 Å². The predicted molar refractivity (Wildman–Crippen MR) is 148 cm³/mol. The van der Waals surface area contributed by atoms with Gasteiger partial charge in [0.2, 0.25) is 0 Å². The number of hydrogen-bond donors (Lipinski definition) is 0. The van der Waals surface area contributed by atoms with Crippen LogP contribution in [0.4, 0.5) is 0 Å². The van der Waals surface area contributed by atoms with Crippen LogP contribution in [0.25, 0.3) is 10.6 Å². The summed E-state index contributed by atoms with van der Waals surface area (Å²) in [6, 6.07) is 19.7. The minimum absolute atomic E-state index is 0. The molecule has 0 aliphatic heterocycles. The van der Waals surface area contributed by atoms with Crippen molar-refractivity contribution in [2.75, 3.05) is 26.2 Å². The van der Waals surface area contributed by atoms with Crippen LogP contribution in [0.1, 0.15) is 90.2 Å². The van der Waals surface area contributed by atoms with E-state index >= 15 is 0 Å². The molecule has 0 aliphatic carbocycles. The van der Waals surface area contributed by atoms with E-state index in [1.807, 2.05) is 60.7 Å². The van der Waals surface area contributed by atoms with Crippen LogP contribution in [0.5, 0.6) is 0 Å². The quantitative estimate of drug-likeness (QED) is 0.129. The summed E-state index contributed by atoms with van der Waals surface area (Å²) in [5.41, 5.74) is 2.14. The molecule has 2 nitrogen and oxygen atoms in total. The van der Waals surface area contributed by atoms with Crippen LogP contribution in [-0.4, -0.2) is 26.2 Å². The van der Waals surface area contributed by atoms with E-state index < -0.39 is 0 Å². The first kappa shape index (κ1) is 36.5. The van der Waals surface area contributed by atoms with Crippen LogP contribution in [0, 0.1) is 13.8 Å². The Hall–Kier alpha value is -1.03. The maximum atomic E-state index is 4.35. The summed E-state index contributed by atoms with van der Waals surface area (Å²) in [4.78, 5) is 0. The maximum Gasteiger partial charge on any atom is 4.00 e. The molecule has 184 valence electrons. The average molecular weight is 617 g/mol. The van der Waals surface area contributed by atoms with E-state index in [0.717, 1.165) is 37.3 Å². The largest absolute Gasteiger partial charge is 4.00 e. The minimum atomic E-state index is 0. The van der Waals surface area contributed by atoms with Crippen molar-refractivity contribution in [3.05, 3.63) is 96.3 Å². The molecule has 0 saturated heterocycles. The summed E-state index contributed by atoms with van der Waals surface area (Å²) in [7, 11) is 0. The van der Waals surface area contributed by atoms with Gasteiger partial charge in [-0.2, -0.15) is 49.2 Å². The monoisotopic (exact) mass is 618 g/mol. The van der Waals surface area contributed by atoms with Crippen molar-refractivity contribution >= 4 is 0 Å². The molecule has 0 saturated carbocycles. The van der Waals surface area contributed by atoms with E-state index in [2.05, 4.69) is 52.2 Å². The van der Waals surface area contributed by atoms with Crippen LogP contribution in [0.15, 0.2) is 60.7 Å². The third-order valence-corrected chi connectivity index (χ3v) is 4.36. The van der Waals surface area contributed by atoms with Crippen LogP contribution < -0.4 is 0 Å². The number of nitrogens with zero attached hydrogens (tertiary/aromatic N) is 2. The fourth-order valence-electron chi connectivity index (χ4n) is 2.26. The van der Waals surface area contributed by atoms with Gasteiger partial charge in [-0.05, 0) is 0 Å². The topological polar surface area (TPSA) is 28.2 Å². The normalized spacial score (nSPS) is 9.09. The molecule has 3 heteroatoms. The molecule has 0 aliphatic rings. The minimum Gasteiger partial charge on any atom is -0.662 e. The van der Waals surface area contributed by atoms with Gasteiger partial charge in [0.05, 0.1) is 0 Å². The molecule has 2 aromatic carbocycles. The molecule has 0 radical (unpaired) electrons. The maximum absolute atomic E-state index is 4.35. The zero-order valence-electron chi connectivity index (χ0n) is 22.1. The summed E-state index contributed by atoms with van der Waals surface area (Å²) >= 11 is 0. The van der Waals surface area contributed by atoms with Crippen molar-refractivity contribution in [3.8, 4) is 0 Å². The standard InChI is InChI=1S/2C8H18N.2C7H7.Hf/c2*1-3-5-7-9-8-6-4-2;2*1-7-5-3-2-4-6-7;/h2*3-8H2,1-2H3;2*2-6H,1H2;/q4*-1;+4. The molecule has 0 spiro atoms. The van der Waals surface area contributed by atoms with E-state index in [1.165, 1.54) is 51.4 Å². The van der Waals surface area contributed by atoms with Gasteiger partial charge in [-0.3, -0.25) is 0 Å². The van der Waals surface area contributed by atoms with Crippen molar-refractivity contribution in [1.82, 2.24) is 0 Å². The molecule has 0 unspecified atom stereocenters. The summed E-state index contributed by atoms with van der Waals surface area (Å²) < 4.78 is 0. The van der Waals surface area contributed by atoms with Crippen molar-refractivity contribution < 1.29 is 25.8 Å². The summed E-state index contributed by atoms with van der Waals surface area (Å²) in [5.74, 6) is 0. The molecular formula is C30H50HfN2. The Kier molecular flexibility index (Phi) is 36.7. The predicted octanol–water partition coefficient (Wildman–Crippen LogP) is 9.66. The van der Waals surface area contributed by atoms with Gasteiger partial charge < -0.3 is 10.6 Å². The van der Waals surface area contributed by atoms with Crippen LogP contribution in [-0.2, 0) is 25.8 Å². The molecule has 0 amide bonds. The molecule has 0 heterocycles. The Morgan fingerprint density at radius 3 is 0.879 bits per heavy atom. The van der Waals surface area contributed by atoms with Crippen molar-refractivity contribution in [1.29, 1.82) is 0 Å². The second kappa shape index (κ2) is 33.1. The number of unbranched alkanes of at least 4 members (excludes halogenated alkanes) is 4. The molecular weight excluding hydrogens is 567 g/mol. The van der Waals surface area contributed by atoms with Gasteiger partial charge in [-0.15, -0.1) is 50.4 Å². The third-order valence-electron chi connectivity index (χ3n) is 4.36. The first-order valence-electron chi connectivity index (χ1n) is 12.6. The molecule has 0 bridgehead atoms. The van der Waals surface area contributed by atoms with Gasteiger partial charge in [-0.1, -0.05) is 91.2 Å². The summed E-state index contributed by atoms with van der Waals surface area (Å²) in [5, 5.41) is 8.70. The fraction of sp³-hybridized carbons (Fsp3) is 0.533. The number of benzene rings is 2.